The second kappa shape index (κ2) is 5.11. The van der Waals surface area contributed by atoms with E-state index in [0.29, 0.717) is 11.3 Å². The molecule has 0 saturated carbocycles. The Morgan fingerprint density at radius 3 is 2.86 bits per heavy atom. The molecule has 9 heteroatoms. The second-order valence-corrected chi connectivity index (χ2v) is 5.95. The molecule has 8 nitrogen and oxygen atoms in total. The number of fused-ring (bicyclic) bond motifs is 1. The fourth-order valence-corrected chi connectivity index (χ4v) is 3.13. The Morgan fingerprint density at radius 2 is 2.10 bits per heavy atom. The van der Waals surface area contributed by atoms with Crippen LogP contribution in [0.2, 0.25) is 0 Å². The molecule has 0 spiro atoms. The second-order valence-electron chi connectivity index (χ2n) is 4.27. The molecule has 3 aromatic rings. The highest BCUT2D eigenvalue weighted by Crippen LogP contribution is 2.19. The van der Waals surface area contributed by atoms with E-state index in [1.165, 1.54) is 10.6 Å². The van der Waals surface area contributed by atoms with Crippen molar-refractivity contribution >= 4 is 21.5 Å². The first-order valence-corrected chi connectivity index (χ1v) is 7.55. The Labute approximate surface area is 120 Å². The SMILES string of the molecule is Nc1nc2ccccn2c1S(=O)(=O)NCc1cccnn1. The van der Waals surface area contributed by atoms with Crippen LogP contribution in [-0.4, -0.2) is 28.0 Å². The molecule has 0 aliphatic rings. The molecule has 0 aliphatic carbocycles. The highest BCUT2D eigenvalue weighted by molar-refractivity contribution is 7.89. The van der Waals surface area contributed by atoms with Crippen molar-refractivity contribution in [2.45, 2.75) is 11.6 Å². The molecule has 0 saturated heterocycles. The third kappa shape index (κ3) is 2.56. The lowest BCUT2D eigenvalue weighted by Crippen LogP contribution is -2.25. The summed E-state index contributed by atoms with van der Waals surface area (Å²) in [6.45, 7) is 0.0235. The Balaban J connectivity index is 1.95. The summed E-state index contributed by atoms with van der Waals surface area (Å²) in [7, 11) is -3.81. The molecule has 0 aromatic carbocycles. The number of hydrogen-bond acceptors (Lipinski definition) is 6. The third-order valence-corrected chi connectivity index (χ3v) is 4.28. The highest BCUT2D eigenvalue weighted by atomic mass is 32.2. The molecular formula is C12H12N6O2S. The molecule has 0 fully saturated rings. The summed E-state index contributed by atoms with van der Waals surface area (Å²) in [5.41, 5.74) is 6.70. The highest BCUT2D eigenvalue weighted by Gasteiger charge is 2.23. The fourth-order valence-electron chi connectivity index (χ4n) is 1.92. The number of pyridine rings is 1. The van der Waals surface area contributed by atoms with E-state index in [2.05, 4.69) is 19.9 Å². The number of anilines is 1. The zero-order chi connectivity index (χ0) is 14.9. The minimum absolute atomic E-state index is 0.0235. The smallest absolute Gasteiger partial charge is 0.260 e. The Morgan fingerprint density at radius 1 is 1.24 bits per heavy atom. The predicted molar refractivity (Wildman–Crippen MR) is 75.7 cm³/mol. The van der Waals surface area contributed by atoms with Crippen molar-refractivity contribution < 1.29 is 8.42 Å². The molecule has 21 heavy (non-hydrogen) atoms. The van der Waals surface area contributed by atoms with Gasteiger partial charge in [0, 0.05) is 12.4 Å². The molecule has 3 rings (SSSR count). The number of sulfonamides is 1. The largest absolute Gasteiger partial charge is 0.381 e. The quantitative estimate of drug-likeness (QED) is 0.710. The van der Waals surface area contributed by atoms with Crippen LogP contribution >= 0.6 is 0 Å². The van der Waals surface area contributed by atoms with Crippen molar-refractivity contribution in [1.29, 1.82) is 0 Å². The van der Waals surface area contributed by atoms with Crippen LogP contribution in [0, 0.1) is 0 Å². The van der Waals surface area contributed by atoms with Gasteiger partial charge in [-0.3, -0.25) is 4.40 Å². The van der Waals surface area contributed by atoms with Crippen molar-refractivity contribution in [3.63, 3.8) is 0 Å². The molecule has 108 valence electrons. The molecule has 0 atom stereocenters. The first-order chi connectivity index (χ1) is 10.1. The van der Waals surface area contributed by atoms with Gasteiger partial charge >= 0.3 is 0 Å². The van der Waals surface area contributed by atoms with Gasteiger partial charge in [0.1, 0.15) is 5.65 Å². The van der Waals surface area contributed by atoms with E-state index >= 15 is 0 Å². The maximum absolute atomic E-state index is 12.4. The number of nitrogens with two attached hydrogens (primary N) is 1. The van der Waals surface area contributed by atoms with E-state index in [1.807, 2.05) is 0 Å². The van der Waals surface area contributed by atoms with Crippen molar-refractivity contribution in [3.05, 3.63) is 48.4 Å². The monoisotopic (exact) mass is 304 g/mol. The van der Waals surface area contributed by atoms with Crippen molar-refractivity contribution in [1.82, 2.24) is 24.3 Å². The van der Waals surface area contributed by atoms with E-state index in [4.69, 9.17) is 5.73 Å². The molecule has 3 N–H and O–H groups in total. The van der Waals surface area contributed by atoms with E-state index in [9.17, 15) is 8.42 Å². The Bertz CT molecular complexity index is 875. The van der Waals surface area contributed by atoms with Crippen molar-refractivity contribution in [3.8, 4) is 0 Å². The van der Waals surface area contributed by atoms with Gasteiger partial charge < -0.3 is 5.73 Å². The van der Waals surface area contributed by atoms with Crippen LogP contribution in [-0.2, 0) is 16.6 Å². The molecular weight excluding hydrogens is 292 g/mol. The Hall–Kier alpha value is -2.52. The molecule has 0 bridgehead atoms. The van der Waals surface area contributed by atoms with Gasteiger partial charge in [0.25, 0.3) is 10.0 Å². The number of nitrogens with zero attached hydrogens (tertiary/aromatic N) is 4. The fraction of sp³-hybridized carbons (Fsp3) is 0.0833. The molecule has 0 amide bonds. The van der Waals surface area contributed by atoms with Crippen LogP contribution in [0.1, 0.15) is 5.69 Å². The van der Waals surface area contributed by atoms with Gasteiger partial charge in [-0.2, -0.15) is 10.2 Å². The predicted octanol–water partition coefficient (Wildman–Crippen LogP) is 0.185. The number of nitrogen functional groups attached to an aromatic ring is 1. The average Bonchev–Trinajstić information content (AvgIpc) is 2.83. The summed E-state index contributed by atoms with van der Waals surface area (Å²) in [6.07, 6.45) is 3.11. The summed E-state index contributed by atoms with van der Waals surface area (Å²) < 4.78 is 28.7. The van der Waals surface area contributed by atoms with Gasteiger partial charge in [0.05, 0.1) is 12.2 Å². The van der Waals surface area contributed by atoms with E-state index < -0.39 is 10.0 Å². The van der Waals surface area contributed by atoms with Crippen LogP contribution in [0.5, 0.6) is 0 Å². The number of aromatic nitrogens is 4. The van der Waals surface area contributed by atoms with Gasteiger partial charge in [-0.05, 0) is 24.3 Å². The van der Waals surface area contributed by atoms with Gasteiger partial charge in [-0.15, -0.1) is 0 Å². The lowest BCUT2D eigenvalue weighted by Gasteiger charge is -2.06. The topological polar surface area (TPSA) is 115 Å². The molecule has 0 radical (unpaired) electrons. The number of hydrogen-bond donors (Lipinski definition) is 2. The van der Waals surface area contributed by atoms with E-state index in [0.717, 1.165) is 0 Å². The maximum atomic E-state index is 12.4. The third-order valence-electron chi connectivity index (χ3n) is 2.84. The van der Waals surface area contributed by atoms with Gasteiger partial charge in [0.2, 0.25) is 0 Å². The van der Waals surface area contributed by atoms with Crippen LogP contribution < -0.4 is 10.5 Å². The van der Waals surface area contributed by atoms with Crippen molar-refractivity contribution in [2.24, 2.45) is 0 Å². The lowest BCUT2D eigenvalue weighted by atomic mass is 10.4. The zero-order valence-electron chi connectivity index (χ0n) is 10.8. The summed E-state index contributed by atoms with van der Waals surface area (Å²) >= 11 is 0. The number of nitrogens with one attached hydrogen (secondary N) is 1. The van der Waals surface area contributed by atoms with Gasteiger partial charge in [-0.25, -0.2) is 18.1 Å². The van der Waals surface area contributed by atoms with Crippen LogP contribution in [0.25, 0.3) is 5.65 Å². The molecule has 3 aromatic heterocycles. The molecule has 0 unspecified atom stereocenters. The summed E-state index contributed by atoms with van der Waals surface area (Å²) in [6, 6.07) is 8.49. The average molecular weight is 304 g/mol. The van der Waals surface area contributed by atoms with Crippen LogP contribution in [0.4, 0.5) is 5.82 Å². The minimum Gasteiger partial charge on any atom is -0.381 e. The van der Waals surface area contributed by atoms with Crippen LogP contribution in [0.3, 0.4) is 0 Å². The first kappa shape index (κ1) is 13.5. The first-order valence-electron chi connectivity index (χ1n) is 6.07. The summed E-state index contributed by atoms with van der Waals surface area (Å²) in [4.78, 5) is 4.03. The number of imidazole rings is 1. The maximum Gasteiger partial charge on any atom is 0.260 e. The molecule has 0 aliphatic heterocycles. The molecule has 3 heterocycles. The van der Waals surface area contributed by atoms with Crippen LogP contribution in [0.15, 0.2) is 47.8 Å². The van der Waals surface area contributed by atoms with Gasteiger partial charge in [-0.1, -0.05) is 6.07 Å². The summed E-state index contributed by atoms with van der Waals surface area (Å²) in [5, 5.41) is 7.42. The van der Waals surface area contributed by atoms with Gasteiger partial charge in [0.15, 0.2) is 10.8 Å². The minimum atomic E-state index is -3.81. The Kier molecular flexibility index (Phi) is 3.28. The van der Waals surface area contributed by atoms with Crippen molar-refractivity contribution in [2.75, 3.05) is 5.73 Å². The lowest BCUT2D eigenvalue weighted by molar-refractivity contribution is 0.575. The normalized spacial score (nSPS) is 11.8. The summed E-state index contributed by atoms with van der Waals surface area (Å²) in [5.74, 6) is -0.0483. The van der Waals surface area contributed by atoms with E-state index in [-0.39, 0.29) is 17.4 Å². The van der Waals surface area contributed by atoms with E-state index in [1.54, 1.807) is 36.5 Å². The zero-order valence-corrected chi connectivity index (χ0v) is 11.7. The number of rotatable bonds is 4. The standard InChI is InChI=1S/C12H12N6O2S/c13-11-12(18-7-2-1-5-10(18)16-11)21(19,20)15-8-9-4-3-6-14-17-9/h1-7,15H,8,13H2.